The van der Waals surface area contributed by atoms with E-state index < -0.39 is 24.5 Å². The molecule has 0 bridgehead atoms. The highest BCUT2D eigenvalue weighted by atomic mass is 35.5. The first-order chi connectivity index (χ1) is 9.66. The van der Waals surface area contributed by atoms with E-state index in [-0.39, 0.29) is 6.04 Å². The van der Waals surface area contributed by atoms with Gasteiger partial charge in [-0.15, -0.1) is 0 Å². The van der Waals surface area contributed by atoms with Gasteiger partial charge in [-0.1, -0.05) is 28.9 Å². The molecule has 0 aromatic heterocycles. The van der Waals surface area contributed by atoms with E-state index in [1.807, 2.05) is 0 Å². The van der Waals surface area contributed by atoms with Gasteiger partial charge in [-0.05, 0) is 31.7 Å². The van der Waals surface area contributed by atoms with Crippen molar-refractivity contribution < 1.29 is 18.4 Å². The quantitative estimate of drug-likeness (QED) is 0.378. The monoisotopic (exact) mass is 323 g/mol. The van der Waals surface area contributed by atoms with Gasteiger partial charge in [0.1, 0.15) is 5.92 Å². The van der Waals surface area contributed by atoms with Crippen LogP contribution in [0.5, 0.6) is 0 Å². The predicted molar refractivity (Wildman–Crippen MR) is 75.5 cm³/mol. The van der Waals surface area contributed by atoms with Crippen LogP contribution in [0, 0.1) is 5.92 Å². The molecule has 0 radical (unpaired) electrons. The smallest absolute Gasteiger partial charge is 0.400 e. The minimum absolute atomic E-state index is 0.306. The lowest BCUT2D eigenvalue weighted by atomic mass is 10.0. The Morgan fingerprint density at radius 2 is 2.10 bits per heavy atom. The number of amidine groups is 1. The number of alkyl halides is 3. The molecule has 3 N–H and O–H groups in total. The van der Waals surface area contributed by atoms with Crippen LogP contribution in [0.15, 0.2) is 29.4 Å². The van der Waals surface area contributed by atoms with Crippen molar-refractivity contribution in [2.75, 3.05) is 13.6 Å². The summed E-state index contributed by atoms with van der Waals surface area (Å²) in [5.74, 6) is -2.89. The van der Waals surface area contributed by atoms with Gasteiger partial charge >= 0.3 is 6.18 Å². The highest BCUT2D eigenvalue weighted by Gasteiger charge is 2.43. The zero-order valence-corrected chi connectivity index (χ0v) is 12.4. The van der Waals surface area contributed by atoms with Crippen LogP contribution in [0.1, 0.15) is 18.5 Å². The van der Waals surface area contributed by atoms with Crippen molar-refractivity contribution in [2.45, 2.75) is 19.1 Å². The zero-order chi connectivity index (χ0) is 16.2. The number of oxime groups is 1. The van der Waals surface area contributed by atoms with Crippen molar-refractivity contribution in [3.8, 4) is 0 Å². The van der Waals surface area contributed by atoms with Gasteiger partial charge in [-0.3, -0.25) is 4.90 Å². The Morgan fingerprint density at radius 3 is 2.57 bits per heavy atom. The molecule has 2 atom stereocenters. The van der Waals surface area contributed by atoms with E-state index >= 15 is 0 Å². The number of hydrogen-bond donors (Lipinski definition) is 2. The van der Waals surface area contributed by atoms with Crippen LogP contribution in [0.25, 0.3) is 0 Å². The Labute approximate surface area is 126 Å². The minimum atomic E-state index is -4.58. The number of hydrogen-bond acceptors (Lipinski definition) is 3. The number of nitrogens with two attached hydrogens (primary N) is 1. The summed E-state index contributed by atoms with van der Waals surface area (Å²) >= 11 is 5.87. The summed E-state index contributed by atoms with van der Waals surface area (Å²) in [5.41, 5.74) is 5.93. The molecule has 1 aromatic rings. The Balaban J connectivity index is 2.89. The van der Waals surface area contributed by atoms with Gasteiger partial charge < -0.3 is 10.9 Å². The zero-order valence-electron chi connectivity index (χ0n) is 11.6. The number of benzene rings is 1. The second-order valence-electron chi connectivity index (χ2n) is 4.79. The summed E-state index contributed by atoms with van der Waals surface area (Å²) in [4.78, 5) is 1.47. The molecule has 0 spiro atoms. The highest BCUT2D eigenvalue weighted by molar-refractivity contribution is 6.30. The molecule has 0 saturated carbocycles. The van der Waals surface area contributed by atoms with Crippen molar-refractivity contribution in [1.29, 1.82) is 0 Å². The van der Waals surface area contributed by atoms with Crippen molar-refractivity contribution in [3.63, 3.8) is 0 Å². The Bertz CT molecular complexity index is 508. The van der Waals surface area contributed by atoms with Gasteiger partial charge in [0.25, 0.3) is 0 Å². The van der Waals surface area contributed by atoms with Gasteiger partial charge in [0.2, 0.25) is 0 Å². The molecule has 4 nitrogen and oxygen atoms in total. The molecule has 0 heterocycles. The van der Waals surface area contributed by atoms with Crippen molar-refractivity contribution >= 4 is 17.4 Å². The van der Waals surface area contributed by atoms with Crippen LogP contribution in [0.4, 0.5) is 13.2 Å². The molecule has 8 heteroatoms. The summed E-state index contributed by atoms with van der Waals surface area (Å²) in [6.45, 7) is 1.33. The van der Waals surface area contributed by atoms with Crippen LogP contribution < -0.4 is 5.73 Å². The fourth-order valence-electron chi connectivity index (χ4n) is 1.90. The van der Waals surface area contributed by atoms with Crippen molar-refractivity contribution in [2.24, 2.45) is 16.8 Å². The van der Waals surface area contributed by atoms with Crippen LogP contribution in [0.3, 0.4) is 0 Å². The second-order valence-corrected chi connectivity index (χ2v) is 5.23. The van der Waals surface area contributed by atoms with E-state index in [1.54, 1.807) is 31.2 Å². The van der Waals surface area contributed by atoms with Gasteiger partial charge in [0, 0.05) is 17.6 Å². The minimum Gasteiger partial charge on any atom is -0.409 e. The molecule has 1 aromatic carbocycles. The SMILES string of the molecule is CC(c1cccc(Cl)c1)N(C)CC(/C(N)=N/O)C(F)(F)F. The van der Waals surface area contributed by atoms with Crippen LogP contribution in [-0.4, -0.2) is 35.7 Å². The first kappa shape index (κ1) is 17.6. The highest BCUT2D eigenvalue weighted by Crippen LogP contribution is 2.30. The maximum atomic E-state index is 12.9. The average Bonchev–Trinajstić information content (AvgIpc) is 2.41. The standard InChI is InChI=1S/C13H17ClF3N3O/c1-8(9-4-3-5-10(14)6-9)20(2)7-11(12(18)19-21)13(15,16)17/h3-6,8,11,21H,7H2,1-2H3,(H2,18,19). The van der Waals surface area contributed by atoms with Gasteiger partial charge in [0.15, 0.2) is 5.84 Å². The van der Waals surface area contributed by atoms with Crippen LogP contribution in [0.2, 0.25) is 5.02 Å². The third-order valence-electron chi connectivity index (χ3n) is 3.33. The molecule has 0 aliphatic carbocycles. The summed E-state index contributed by atoms with van der Waals surface area (Å²) in [6.07, 6.45) is -4.58. The summed E-state index contributed by atoms with van der Waals surface area (Å²) < 4.78 is 38.8. The van der Waals surface area contributed by atoms with E-state index in [1.165, 1.54) is 11.9 Å². The third-order valence-corrected chi connectivity index (χ3v) is 3.57. The van der Waals surface area contributed by atoms with Crippen LogP contribution in [-0.2, 0) is 0 Å². The molecular formula is C13H17ClF3N3O. The Hall–Kier alpha value is -1.47. The van der Waals surface area contributed by atoms with E-state index in [9.17, 15) is 13.2 Å². The van der Waals surface area contributed by atoms with Crippen molar-refractivity contribution in [3.05, 3.63) is 34.9 Å². The fraction of sp³-hybridized carbons (Fsp3) is 0.462. The maximum absolute atomic E-state index is 12.9. The third kappa shape index (κ3) is 4.78. The first-order valence-electron chi connectivity index (χ1n) is 6.16. The summed E-state index contributed by atoms with van der Waals surface area (Å²) in [5, 5.41) is 11.5. The lowest BCUT2D eigenvalue weighted by molar-refractivity contribution is -0.160. The van der Waals surface area contributed by atoms with Gasteiger partial charge in [-0.2, -0.15) is 13.2 Å². The number of rotatable bonds is 5. The van der Waals surface area contributed by atoms with Gasteiger partial charge in [-0.25, -0.2) is 0 Å². The van der Waals surface area contributed by atoms with Crippen LogP contribution >= 0.6 is 11.6 Å². The maximum Gasteiger partial charge on any atom is 0.400 e. The molecule has 0 saturated heterocycles. The molecule has 0 fully saturated rings. The summed E-state index contributed by atoms with van der Waals surface area (Å²) in [7, 11) is 1.54. The fourth-order valence-corrected chi connectivity index (χ4v) is 2.10. The lowest BCUT2D eigenvalue weighted by Gasteiger charge is -2.29. The second kappa shape index (κ2) is 7.00. The molecular weight excluding hydrogens is 307 g/mol. The number of nitrogens with zero attached hydrogens (tertiary/aromatic N) is 2. The first-order valence-corrected chi connectivity index (χ1v) is 6.54. The van der Waals surface area contributed by atoms with E-state index in [0.717, 1.165) is 5.56 Å². The predicted octanol–water partition coefficient (Wildman–Crippen LogP) is 3.26. The van der Waals surface area contributed by atoms with E-state index in [0.29, 0.717) is 5.02 Å². The number of halogens is 4. The molecule has 118 valence electrons. The average molecular weight is 324 g/mol. The lowest BCUT2D eigenvalue weighted by Crippen LogP contribution is -2.44. The van der Waals surface area contributed by atoms with E-state index in [2.05, 4.69) is 5.16 Å². The molecule has 0 amide bonds. The molecule has 0 aliphatic rings. The van der Waals surface area contributed by atoms with E-state index in [4.69, 9.17) is 22.5 Å². The molecule has 1 rings (SSSR count). The molecule has 0 aliphatic heterocycles. The summed E-state index contributed by atoms with van der Waals surface area (Å²) in [6, 6.07) is 6.58. The van der Waals surface area contributed by atoms with Crippen molar-refractivity contribution in [1.82, 2.24) is 4.90 Å². The molecule has 2 unspecified atom stereocenters. The normalized spacial score (nSPS) is 16.0. The largest absolute Gasteiger partial charge is 0.409 e. The topological polar surface area (TPSA) is 61.8 Å². The van der Waals surface area contributed by atoms with Gasteiger partial charge in [0.05, 0.1) is 0 Å². The molecule has 21 heavy (non-hydrogen) atoms. The Kier molecular flexibility index (Phi) is 5.86. The Morgan fingerprint density at radius 1 is 1.48 bits per heavy atom.